The van der Waals surface area contributed by atoms with Crippen LogP contribution in [0.4, 0.5) is 0 Å². The van der Waals surface area contributed by atoms with E-state index in [1.165, 1.54) is 54.0 Å². The lowest BCUT2D eigenvalue weighted by Gasteiger charge is -2.35. The van der Waals surface area contributed by atoms with Gasteiger partial charge in [0.1, 0.15) is 11.6 Å². The van der Waals surface area contributed by atoms with Crippen molar-refractivity contribution in [3.63, 3.8) is 0 Å². The zero-order valence-electron chi connectivity index (χ0n) is 15.6. The van der Waals surface area contributed by atoms with Crippen LogP contribution in [0.2, 0.25) is 0 Å². The maximum atomic E-state index is 4.70. The van der Waals surface area contributed by atoms with E-state index in [1.54, 1.807) is 0 Å². The number of allylic oxidation sites excluding steroid dienone is 2. The molecule has 4 rings (SSSR count). The molecule has 3 nitrogen and oxygen atoms in total. The molecule has 3 heteroatoms. The standard InChI is InChI=1S/C22H29N3/c1-17-16-22(2,14-13-19(17)18-10-6-5-7-11-18)21-24-23-20-12-8-3-4-9-15-25(20)21/h5-7,10-11H,3-4,8-9,12-16H2,1-2H3. The average Bonchev–Trinajstić information content (AvgIpc) is 2.98. The van der Waals surface area contributed by atoms with Crippen molar-refractivity contribution in [3.05, 3.63) is 53.1 Å². The summed E-state index contributed by atoms with van der Waals surface area (Å²) in [6.07, 6.45) is 9.67. The van der Waals surface area contributed by atoms with Gasteiger partial charge in [-0.25, -0.2) is 0 Å². The van der Waals surface area contributed by atoms with Crippen molar-refractivity contribution >= 4 is 5.57 Å². The van der Waals surface area contributed by atoms with E-state index in [4.69, 9.17) is 5.10 Å². The molecule has 1 aliphatic carbocycles. The van der Waals surface area contributed by atoms with E-state index in [0.717, 1.165) is 32.2 Å². The smallest absolute Gasteiger partial charge is 0.139 e. The molecule has 0 radical (unpaired) electrons. The summed E-state index contributed by atoms with van der Waals surface area (Å²) in [5, 5.41) is 9.28. The number of rotatable bonds is 2. The second kappa shape index (κ2) is 6.78. The molecule has 2 heterocycles. The Balaban J connectivity index is 1.65. The molecule has 1 aliphatic heterocycles. The highest BCUT2D eigenvalue weighted by atomic mass is 15.3. The number of nitrogens with zero attached hydrogens (tertiary/aromatic N) is 3. The van der Waals surface area contributed by atoms with Crippen LogP contribution in [0, 0.1) is 0 Å². The molecule has 0 saturated heterocycles. The number of hydrogen-bond donors (Lipinski definition) is 0. The highest BCUT2D eigenvalue weighted by Crippen LogP contribution is 2.44. The van der Waals surface area contributed by atoms with E-state index in [1.807, 2.05) is 0 Å². The van der Waals surface area contributed by atoms with Crippen molar-refractivity contribution in [3.8, 4) is 0 Å². The Morgan fingerprint density at radius 2 is 1.76 bits per heavy atom. The molecule has 1 aromatic carbocycles. The maximum Gasteiger partial charge on any atom is 0.139 e. The molecule has 2 aromatic rings. The van der Waals surface area contributed by atoms with Gasteiger partial charge < -0.3 is 4.57 Å². The fourth-order valence-corrected chi connectivity index (χ4v) is 4.72. The Morgan fingerprint density at radius 1 is 0.960 bits per heavy atom. The molecule has 132 valence electrons. The molecular weight excluding hydrogens is 306 g/mol. The van der Waals surface area contributed by atoms with E-state index in [0.29, 0.717) is 0 Å². The van der Waals surface area contributed by atoms with Crippen molar-refractivity contribution in [1.29, 1.82) is 0 Å². The minimum Gasteiger partial charge on any atom is -0.315 e. The molecule has 0 saturated carbocycles. The zero-order chi connectivity index (χ0) is 17.3. The van der Waals surface area contributed by atoms with Crippen molar-refractivity contribution < 1.29 is 0 Å². The van der Waals surface area contributed by atoms with Gasteiger partial charge in [-0.1, -0.05) is 55.7 Å². The predicted molar refractivity (Wildman–Crippen MR) is 102 cm³/mol. The molecule has 1 aromatic heterocycles. The Hall–Kier alpha value is -1.90. The Bertz CT molecular complexity index is 772. The average molecular weight is 335 g/mol. The molecule has 1 unspecified atom stereocenters. The summed E-state index contributed by atoms with van der Waals surface area (Å²) >= 11 is 0. The molecular formula is C22H29N3. The van der Waals surface area contributed by atoms with Crippen LogP contribution < -0.4 is 0 Å². The van der Waals surface area contributed by atoms with Gasteiger partial charge in [-0.2, -0.15) is 0 Å². The number of fused-ring (bicyclic) bond motifs is 1. The van der Waals surface area contributed by atoms with Gasteiger partial charge in [0.2, 0.25) is 0 Å². The van der Waals surface area contributed by atoms with Gasteiger partial charge >= 0.3 is 0 Å². The van der Waals surface area contributed by atoms with Crippen LogP contribution in [-0.4, -0.2) is 14.8 Å². The lowest BCUT2D eigenvalue weighted by molar-refractivity contribution is 0.368. The summed E-state index contributed by atoms with van der Waals surface area (Å²) in [7, 11) is 0. The first-order valence-electron chi connectivity index (χ1n) is 9.84. The highest BCUT2D eigenvalue weighted by Gasteiger charge is 2.36. The van der Waals surface area contributed by atoms with Gasteiger partial charge in [-0.15, -0.1) is 10.2 Å². The molecule has 0 fully saturated rings. The summed E-state index contributed by atoms with van der Waals surface area (Å²) in [6.45, 7) is 5.81. The summed E-state index contributed by atoms with van der Waals surface area (Å²) < 4.78 is 2.46. The van der Waals surface area contributed by atoms with E-state index < -0.39 is 0 Å². The van der Waals surface area contributed by atoms with Crippen molar-refractivity contribution in [2.75, 3.05) is 0 Å². The fourth-order valence-electron chi connectivity index (χ4n) is 4.72. The van der Waals surface area contributed by atoms with E-state index in [2.05, 4.69) is 53.8 Å². The summed E-state index contributed by atoms with van der Waals surface area (Å²) in [4.78, 5) is 0. The van der Waals surface area contributed by atoms with Crippen LogP contribution in [0.3, 0.4) is 0 Å². The first-order valence-corrected chi connectivity index (χ1v) is 9.84. The van der Waals surface area contributed by atoms with Gasteiger partial charge in [0.05, 0.1) is 0 Å². The predicted octanol–water partition coefficient (Wildman–Crippen LogP) is 5.31. The number of aryl methyl sites for hydroxylation is 1. The van der Waals surface area contributed by atoms with E-state index in [-0.39, 0.29) is 5.41 Å². The molecule has 0 amide bonds. The monoisotopic (exact) mass is 335 g/mol. The topological polar surface area (TPSA) is 30.7 Å². The maximum absolute atomic E-state index is 4.70. The SMILES string of the molecule is CC1=C(c2ccccc2)CCC(C)(c2nnc3n2CCCCCC3)C1. The second-order valence-corrected chi connectivity index (χ2v) is 8.12. The van der Waals surface area contributed by atoms with Crippen LogP contribution in [0.25, 0.3) is 5.57 Å². The molecule has 0 bridgehead atoms. The summed E-state index contributed by atoms with van der Waals surface area (Å²) in [6, 6.07) is 10.9. The lowest BCUT2D eigenvalue weighted by Crippen LogP contribution is -2.30. The zero-order valence-corrected chi connectivity index (χ0v) is 15.6. The Kier molecular flexibility index (Phi) is 4.49. The van der Waals surface area contributed by atoms with Crippen LogP contribution in [0.1, 0.15) is 76.0 Å². The summed E-state index contributed by atoms with van der Waals surface area (Å²) in [5.41, 5.74) is 4.56. The number of aromatic nitrogens is 3. The van der Waals surface area contributed by atoms with Gasteiger partial charge in [0.25, 0.3) is 0 Å². The van der Waals surface area contributed by atoms with Gasteiger partial charge in [-0.3, -0.25) is 0 Å². The van der Waals surface area contributed by atoms with Crippen molar-refractivity contribution in [2.24, 2.45) is 0 Å². The van der Waals surface area contributed by atoms with Crippen LogP contribution >= 0.6 is 0 Å². The van der Waals surface area contributed by atoms with Gasteiger partial charge in [0, 0.05) is 18.4 Å². The van der Waals surface area contributed by atoms with Crippen molar-refractivity contribution in [2.45, 2.75) is 77.2 Å². The Morgan fingerprint density at radius 3 is 2.56 bits per heavy atom. The van der Waals surface area contributed by atoms with Crippen molar-refractivity contribution in [1.82, 2.24) is 14.8 Å². The van der Waals surface area contributed by atoms with Crippen LogP contribution in [-0.2, 0) is 18.4 Å². The highest BCUT2D eigenvalue weighted by molar-refractivity contribution is 5.69. The van der Waals surface area contributed by atoms with E-state index >= 15 is 0 Å². The lowest BCUT2D eigenvalue weighted by atomic mass is 9.71. The third kappa shape index (κ3) is 3.17. The van der Waals surface area contributed by atoms with Crippen LogP contribution in [0.15, 0.2) is 35.9 Å². The Labute approximate surface area is 151 Å². The molecule has 2 aliphatic rings. The molecule has 25 heavy (non-hydrogen) atoms. The largest absolute Gasteiger partial charge is 0.315 e. The first kappa shape index (κ1) is 16.6. The summed E-state index contributed by atoms with van der Waals surface area (Å²) in [5.74, 6) is 2.45. The third-order valence-electron chi connectivity index (χ3n) is 6.12. The minimum atomic E-state index is 0.118. The van der Waals surface area contributed by atoms with Gasteiger partial charge in [-0.05, 0) is 50.2 Å². The molecule has 1 atom stereocenters. The first-order chi connectivity index (χ1) is 12.2. The fraction of sp³-hybridized carbons (Fsp3) is 0.545. The van der Waals surface area contributed by atoms with Gasteiger partial charge in [0.15, 0.2) is 0 Å². The van der Waals surface area contributed by atoms with E-state index in [9.17, 15) is 0 Å². The van der Waals surface area contributed by atoms with Crippen LogP contribution in [0.5, 0.6) is 0 Å². The quantitative estimate of drug-likeness (QED) is 0.744. The normalized spacial score (nSPS) is 24.6. The second-order valence-electron chi connectivity index (χ2n) is 8.12. The number of benzene rings is 1. The minimum absolute atomic E-state index is 0.118. The molecule has 0 spiro atoms. The third-order valence-corrected chi connectivity index (χ3v) is 6.12. The number of hydrogen-bond acceptors (Lipinski definition) is 2. The molecule has 0 N–H and O–H groups in total.